The molecule has 1 aromatic heterocycles. The Hall–Kier alpha value is -3.97. The van der Waals surface area contributed by atoms with Crippen molar-refractivity contribution in [2.45, 2.75) is 26.4 Å². The van der Waals surface area contributed by atoms with Crippen molar-refractivity contribution < 1.29 is 4.79 Å². The summed E-state index contributed by atoms with van der Waals surface area (Å²) in [5.74, 6) is -0.671. The number of rotatable bonds is 6. The van der Waals surface area contributed by atoms with E-state index < -0.39 is 17.2 Å². The van der Waals surface area contributed by atoms with E-state index in [0.29, 0.717) is 10.7 Å². The van der Waals surface area contributed by atoms with E-state index in [4.69, 9.17) is 11.6 Å². The lowest BCUT2D eigenvalue weighted by molar-refractivity contribution is 0.0930. The summed E-state index contributed by atoms with van der Waals surface area (Å²) in [5.41, 5.74) is 1.21. The minimum atomic E-state index is -0.762. The summed E-state index contributed by atoms with van der Waals surface area (Å²) in [6.07, 6.45) is 0. The van der Waals surface area contributed by atoms with Crippen LogP contribution >= 0.6 is 11.6 Å². The van der Waals surface area contributed by atoms with Gasteiger partial charge in [-0.05, 0) is 43.2 Å². The summed E-state index contributed by atoms with van der Waals surface area (Å²) < 4.78 is 2.05. The van der Waals surface area contributed by atoms with Gasteiger partial charge in [0.15, 0.2) is 0 Å². The van der Waals surface area contributed by atoms with Crippen molar-refractivity contribution in [3.8, 4) is 5.69 Å². The summed E-state index contributed by atoms with van der Waals surface area (Å²) in [4.78, 5) is 39.7. The average molecular weight is 475 g/mol. The first-order chi connectivity index (χ1) is 16.3. The maximum Gasteiger partial charge on any atom is 0.352 e. The number of nitrogens with zero attached hydrogens (tertiary/aromatic N) is 3. The number of hydrogen-bond acceptors (Lipinski definition) is 4. The highest BCUT2D eigenvalue weighted by atomic mass is 35.5. The Morgan fingerprint density at radius 2 is 1.71 bits per heavy atom. The van der Waals surface area contributed by atoms with Crippen LogP contribution in [0.25, 0.3) is 5.69 Å². The molecule has 3 aromatic carbocycles. The van der Waals surface area contributed by atoms with Gasteiger partial charge < -0.3 is 5.32 Å². The molecule has 34 heavy (non-hydrogen) atoms. The first-order valence-corrected chi connectivity index (χ1v) is 11.1. The van der Waals surface area contributed by atoms with Crippen molar-refractivity contribution in [2.75, 3.05) is 0 Å². The van der Waals surface area contributed by atoms with Gasteiger partial charge in [0, 0.05) is 5.02 Å². The first-order valence-electron chi connectivity index (χ1n) is 10.7. The van der Waals surface area contributed by atoms with Crippen LogP contribution in [0.4, 0.5) is 0 Å². The second kappa shape index (κ2) is 9.89. The number of halogens is 1. The van der Waals surface area contributed by atoms with Crippen molar-refractivity contribution >= 4 is 17.5 Å². The average Bonchev–Trinajstić information content (AvgIpc) is 2.83. The van der Waals surface area contributed by atoms with Crippen LogP contribution < -0.4 is 16.6 Å². The first kappa shape index (κ1) is 23.2. The molecule has 1 amide bonds. The zero-order valence-electron chi connectivity index (χ0n) is 18.7. The number of aryl methyl sites for hydroxylation is 1. The van der Waals surface area contributed by atoms with Gasteiger partial charge in [0.2, 0.25) is 5.69 Å². The summed E-state index contributed by atoms with van der Waals surface area (Å²) in [7, 11) is 0. The number of benzene rings is 3. The van der Waals surface area contributed by atoms with Crippen LogP contribution in [0.15, 0.2) is 88.5 Å². The van der Waals surface area contributed by atoms with Crippen molar-refractivity contribution in [1.82, 2.24) is 19.7 Å². The molecule has 0 saturated heterocycles. The van der Waals surface area contributed by atoms with Crippen molar-refractivity contribution in [1.29, 1.82) is 0 Å². The maximum absolute atomic E-state index is 13.3. The third kappa shape index (κ3) is 5.00. The summed E-state index contributed by atoms with van der Waals surface area (Å²) in [6.45, 7) is 3.76. The third-order valence-electron chi connectivity index (χ3n) is 5.44. The largest absolute Gasteiger partial charge is 0.352 e. The lowest BCUT2D eigenvalue weighted by Crippen LogP contribution is -2.46. The molecule has 8 heteroatoms. The second-order valence-electron chi connectivity index (χ2n) is 8.01. The van der Waals surface area contributed by atoms with E-state index in [1.165, 1.54) is 0 Å². The van der Waals surface area contributed by atoms with Gasteiger partial charge in [0.1, 0.15) is 0 Å². The van der Waals surface area contributed by atoms with Crippen LogP contribution in [0.5, 0.6) is 0 Å². The van der Waals surface area contributed by atoms with Gasteiger partial charge in [-0.2, -0.15) is 9.78 Å². The Balaban J connectivity index is 1.81. The minimum Gasteiger partial charge on any atom is -0.344 e. The SMILES string of the molecule is Cc1ccc(Cn2c(=O)c(C(=O)N[C@@H](C)c3ccccc3)nn(-c3cccc(Cl)c3)c2=O)cc1. The molecule has 1 atom stereocenters. The fourth-order valence-electron chi connectivity index (χ4n) is 3.54. The highest BCUT2D eigenvalue weighted by Gasteiger charge is 2.22. The Morgan fingerprint density at radius 1 is 1.00 bits per heavy atom. The molecule has 0 spiro atoms. The predicted molar refractivity (Wildman–Crippen MR) is 132 cm³/mol. The van der Waals surface area contributed by atoms with Gasteiger partial charge in [-0.1, -0.05) is 77.8 Å². The molecule has 1 heterocycles. The Labute approximate surface area is 201 Å². The van der Waals surface area contributed by atoms with Crippen LogP contribution in [0, 0.1) is 6.92 Å². The van der Waals surface area contributed by atoms with Gasteiger partial charge in [0.05, 0.1) is 18.3 Å². The molecule has 0 saturated carbocycles. The molecule has 0 bridgehead atoms. The molecule has 1 N–H and O–H groups in total. The highest BCUT2D eigenvalue weighted by molar-refractivity contribution is 6.30. The van der Waals surface area contributed by atoms with Gasteiger partial charge >= 0.3 is 5.69 Å². The Bertz CT molecular complexity index is 1440. The van der Waals surface area contributed by atoms with Crippen molar-refractivity contribution in [3.63, 3.8) is 0 Å². The van der Waals surface area contributed by atoms with Gasteiger partial charge in [0.25, 0.3) is 11.5 Å². The lowest BCUT2D eigenvalue weighted by atomic mass is 10.1. The monoisotopic (exact) mass is 474 g/mol. The molecule has 0 radical (unpaired) electrons. The highest BCUT2D eigenvalue weighted by Crippen LogP contribution is 2.14. The number of carbonyl (C=O) groups excluding carboxylic acids is 1. The molecule has 0 unspecified atom stereocenters. The smallest absolute Gasteiger partial charge is 0.344 e. The third-order valence-corrected chi connectivity index (χ3v) is 5.67. The van der Waals surface area contributed by atoms with Crippen LogP contribution in [0.2, 0.25) is 5.02 Å². The van der Waals surface area contributed by atoms with Crippen LogP contribution in [-0.2, 0) is 6.54 Å². The standard InChI is InChI=1S/C26H23ClN4O3/c1-17-11-13-19(14-12-17)16-30-25(33)23(24(32)28-18(2)20-7-4-3-5-8-20)29-31(26(30)34)22-10-6-9-21(27)15-22/h3-15,18H,16H2,1-2H3,(H,28,32)/t18-/m0/s1. The van der Waals surface area contributed by atoms with E-state index in [0.717, 1.165) is 25.9 Å². The molecule has 4 rings (SSSR count). The van der Waals surface area contributed by atoms with E-state index in [1.807, 2.05) is 68.4 Å². The Kier molecular flexibility index (Phi) is 6.75. The molecule has 4 aromatic rings. The maximum atomic E-state index is 13.3. The van der Waals surface area contributed by atoms with Gasteiger partial charge in [-0.3, -0.25) is 14.2 Å². The summed E-state index contributed by atoms with van der Waals surface area (Å²) in [5, 5.41) is 7.35. The van der Waals surface area contributed by atoms with Crippen LogP contribution in [-0.4, -0.2) is 20.3 Å². The molecular formula is C26H23ClN4O3. The lowest BCUT2D eigenvalue weighted by Gasteiger charge is -2.16. The second-order valence-corrected chi connectivity index (χ2v) is 8.44. The van der Waals surface area contributed by atoms with E-state index in [9.17, 15) is 14.4 Å². The van der Waals surface area contributed by atoms with Crippen LogP contribution in [0.1, 0.15) is 40.1 Å². The number of nitrogens with one attached hydrogen (secondary N) is 1. The zero-order chi connectivity index (χ0) is 24.2. The minimum absolute atomic E-state index is 0.00441. The number of aromatic nitrogens is 3. The van der Waals surface area contributed by atoms with E-state index in [-0.39, 0.29) is 18.3 Å². The van der Waals surface area contributed by atoms with E-state index in [2.05, 4.69) is 10.4 Å². The fourth-order valence-corrected chi connectivity index (χ4v) is 3.72. The molecular weight excluding hydrogens is 452 g/mol. The topological polar surface area (TPSA) is 86.0 Å². The van der Waals surface area contributed by atoms with Gasteiger partial charge in [-0.25, -0.2) is 4.79 Å². The van der Waals surface area contributed by atoms with E-state index >= 15 is 0 Å². The molecule has 0 aliphatic heterocycles. The summed E-state index contributed by atoms with van der Waals surface area (Å²) in [6, 6.07) is 23.0. The zero-order valence-corrected chi connectivity index (χ0v) is 19.5. The predicted octanol–water partition coefficient (Wildman–Crippen LogP) is 3.90. The fraction of sp³-hybridized carbons (Fsp3) is 0.154. The quantitative estimate of drug-likeness (QED) is 0.459. The van der Waals surface area contributed by atoms with Gasteiger partial charge in [-0.15, -0.1) is 0 Å². The van der Waals surface area contributed by atoms with E-state index in [1.54, 1.807) is 24.3 Å². The number of amides is 1. The molecule has 0 aliphatic rings. The molecule has 172 valence electrons. The molecule has 7 nitrogen and oxygen atoms in total. The molecule has 0 fully saturated rings. The summed E-state index contributed by atoms with van der Waals surface area (Å²) >= 11 is 6.11. The Morgan fingerprint density at radius 3 is 2.38 bits per heavy atom. The van der Waals surface area contributed by atoms with Crippen molar-refractivity contribution in [3.05, 3.63) is 127 Å². The molecule has 0 aliphatic carbocycles. The van der Waals surface area contributed by atoms with Crippen LogP contribution in [0.3, 0.4) is 0 Å². The van der Waals surface area contributed by atoms with Crippen molar-refractivity contribution in [2.24, 2.45) is 0 Å². The normalized spacial score (nSPS) is 11.7. The number of carbonyl (C=O) groups is 1. The number of hydrogen-bond donors (Lipinski definition) is 1.